The predicted octanol–water partition coefficient (Wildman–Crippen LogP) is 3.71. The Balaban J connectivity index is 1.55. The highest BCUT2D eigenvalue weighted by molar-refractivity contribution is 5.76. The first-order chi connectivity index (χ1) is 11.8. The summed E-state index contributed by atoms with van der Waals surface area (Å²) >= 11 is 0. The molecule has 1 aromatic carbocycles. The molecule has 25 heavy (non-hydrogen) atoms. The summed E-state index contributed by atoms with van der Waals surface area (Å²) in [4.78, 5) is 12.4. The van der Waals surface area contributed by atoms with Gasteiger partial charge in [0.2, 0.25) is 5.91 Å². The van der Waals surface area contributed by atoms with Crippen LogP contribution in [0.25, 0.3) is 0 Å². The minimum Gasteiger partial charge on any atom is -0.488 e. The van der Waals surface area contributed by atoms with E-state index in [1.54, 1.807) is 0 Å². The van der Waals surface area contributed by atoms with Crippen molar-refractivity contribution in [3.05, 3.63) is 29.3 Å². The molecule has 2 bridgehead atoms. The molecule has 2 aliphatic rings. The van der Waals surface area contributed by atoms with Gasteiger partial charge in [-0.1, -0.05) is 12.1 Å². The number of hydrogen-bond acceptors (Lipinski definition) is 3. The Bertz CT molecular complexity index is 609. The molecule has 1 amide bonds. The van der Waals surface area contributed by atoms with E-state index >= 15 is 0 Å². The van der Waals surface area contributed by atoms with E-state index in [1.807, 2.05) is 20.8 Å². The second kappa shape index (κ2) is 7.36. The molecule has 2 aliphatic heterocycles. The first-order valence-electron chi connectivity index (χ1n) is 9.60. The maximum Gasteiger partial charge on any atom is 0.220 e. The van der Waals surface area contributed by atoms with Gasteiger partial charge in [0.25, 0.3) is 0 Å². The van der Waals surface area contributed by atoms with Crippen molar-refractivity contribution in [2.45, 2.75) is 84.0 Å². The number of benzene rings is 1. The van der Waals surface area contributed by atoms with E-state index in [-0.39, 0.29) is 11.5 Å². The number of amides is 1. The highest BCUT2D eigenvalue weighted by atomic mass is 16.5. The van der Waals surface area contributed by atoms with Crippen LogP contribution in [0.2, 0.25) is 0 Å². The summed E-state index contributed by atoms with van der Waals surface area (Å²) in [5.41, 5.74) is 1.96. The molecule has 2 saturated heterocycles. The van der Waals surface area contributed by atoms with Crippen molar-refractivity contribution < 1.29 is 9.53 Å². The lowest BCUT2D eigenvalue weighted by molar-refractivity contribution is -0.122. The van der Waals surface area contributed by atoms with Gasteiger partial charge in [0.15, 0.2) is 0 Å². The van der Waals surface area contributed by atoms with Gasteiger partial charge in [-0.3, -0.25) is 4.79 Å². The monoisotopic (exact) mass is 344 g/mol. The van der Waals surface area contributed by atoms with Gasteiger partial charge in [-0.25, -0.2) is 0 Å². The molecule has 0 spiro atoms. The average molecular weight is 344 g/mol. The highest BCUT2D eigenvalue weighted by Gasteiger charge is 2.34. The molecular weight excluding hydrogens is 312 g/mol. The quantitative estimate of drug-likeness (QED) is 0.856. The molecule has 2 unspecified atom stereocenters. The van der Waals surface area contributed by atoms with Crippen molar-refractivity contribution in [1.29, 1.82) is 0 Å². The van der Waals surface area contributed by atoms with Gasteiger partial charge in [-0.05, 0) is 70.9 Å². The van der Waals surface area contributed by atoms with E-state index < -0.39 is 0 Å². The van der Waals surface area contributed by atoms with Gasteiger partial charge < -0.3 is 15.4 Å². The highest BCUT2D eigenvalue weighted by Crippen LogP contribution is 2.32. The number of ether oxygens (including phenoxy) is 1. The second-order valence-electron chi connectivity index (χ2n) is 8.78. The number of nitrogens with one attached hydrogen (secondary N) is 2. The molecular formula is C21H32N2O2. The number of rotatable bonds is 5. The molecule has 4 heteroatoms. The van der Waals surface area contributed by atoms with Crippen molar-refractivity contribution >= 4 is 5.91 Å². The fourth-order valence-electron chi connectivity index (χ4n) is 4.10. The van der Waals surface area contributed by atoms with Gasteiger partial charge in [0.1, 0.15) is 11.4 Å². The number of fused-ring (bicyclic) bond motifs is 2. The van der Waals surface area contributed by atoms with Crippen LogP contribution >= 0.6 is 0 Å². The van der Waals surface area contributed by atoms with E-state index in [1.165, 1.54) is 18.4 Å². The standard InChI is InChI=1S/C21H32N2O2/c1-14-5-6-16(19(9-14)25-21(2,3)4)13-22-20(24)12-15-10-17-7-8-18(11-15)23-17/h5-6,9,15,17-18,23H,7-8,10-13H2,1-4H3,(H,22,24). The Labute approximate surface area is 151 Å². The molecule has 0 aromatic heterocycles. The molecule has 2 heterocycles. The average Bonchev–Trinajstić information content (AvgIpc) is 2.83. The fraction of sp³-hybridized carbons (Fsp3) is 0.667. The van der Waals surface area contributed by atoms with Crippen LogP contribution < -0.4 is 15.4 Å². The molecule has 0 radical (unpaired) electrons. The number of carbonyl (C=O) groups excluding carboxylic acids is 1. The Morgan fingerprint density at radius 1 is 1.24 bits per heavy atom. The van der Waals surface area contributed by atoms with Crippen LogP contribution in [0.1, 0.15) is 64.0 Å². The summed E-state index contributed by atoms with van der Waals surface area (Å²) in [6.07, 6.45) is 5.50. The Morgan fingerprint density at radius 3 is 2.56 bits per heavy atom. The zero-order valence-electron chi connectivity index (χ0n) is 16.0. The zero-order valence-corrected chi connectivity index (χ0v) is 16.0. The van der Waals surface area contributed by atoms with Crippen molar-refractivity contribution in [2.75, 3.05) is 0 Å². The molecule has 0 aliphatic carbocycles. The summed E-state index contributed by atoms with van der Waals surface area (Å²) in [5, 5.41) is 6.74. The molecule has 1 aromatic rings. The third kappa shape index (κ3) is 5.21. The van der Waals surface area contributed by atoms with Gasteiger partial charge in [-0.15, -0.1) is 0 Å². The third-order valence-corrected chi connectivity index (χ3v) is 5.16. The SMILES string of the molecule is Cc1ccc(CNC(=O)CC2CC3CCC(C2)N3)c(OC(C)(C)C)c1. The van der Waals surface area contributed by atoms with Crippen LogP contribution in [0.15, 0.2) is 18.2 Å². The smallest absolute Gasteiger partial charge is 0.220 e. The topological polar surface area (TPSA) is 50.4 Å². The van der Waals surface area contributed by atoms with Gasteiger partial charge >= 0.3 is 0 Å². The molecule has 2 fully saturated rings. The molecule has 0 saturated carbocycles. The molecule has 3 rings (SSSR count). The van der Waals surface area contributed by atoms with E-state index in [9.17, 15) is 4.79 Å². The van der Waals surface area contributed by atoms with Crippen LogP contribution in [0.5, 0.6) is 5.75 Å². The lowest BCUT2D eigenvalue weighted by Gasteiger charge is -2.28. The van der Waals surface area contributed by atoms with Crippen molar-refractivity contribution in [3.8, 4) is 5.75 Å². The number of hydrogen-bond donors (Lipinski definition) is 2. The largest absolute Gasteiger partial charge is 0.488 e. The predicted molar refractivity (Wildman–Crippen MR) is 101 cm³/mol. The van der Waals surface area contributed by atoms with E-state index in [0.29, 0.717) is 31.0 Å². The molecule has 2 atom stereocenters. The lowest BCUT2D eigenvalue weighted by Crippen LogP contribution is -2.39. The van der Waals surface area contributed by atoms with Crippen LogP contribution in [0.3, 0.4) is 0 Å². The number of carbonyl (C=O) groups is 1. The first kappa shape index (κ1) is 18.2. The first-order valence-corrected chi connectivity index (χ1v) is 9.60. The second-order valence-corrected chi connectivity index (χ2v) is 8.78. The van der Waals surface area contributed by atoms with Gasteiger partial charge in [-0.2, -0.15) is 0 Å². The van der Waals surface area contributed by atoms with Crippen molar-refractivity contribution in [1.82, 2.24) is 10.6 Å². The van der Waals surface area contributed by atoms with Crippen molar-refractivity contribution in [3.63, 3.8) is 0 Å². The summed E-state index contributed by atoms with van der Waals surface area (Å²) in [5.74, 6) is 1.56. The maximum absolute atomic E-state index is 12.4. The third-order valence-electron chi connectivity index (χ3n) is 5.16. The number of piperidine rings is 1. The molecule has 138 valence electrons. The maximum atomic E-state index is 12.4. The molecule has 4 nitrogen and oxygen atoms in total. The normalized spacial score (nSPS) is 25.7. The van der Waals surface area contributed by atoms with E-state index in [0.717, 1.165) is 24.2 Å². The van der Waals surface area contributed by atoms with Crippen molar-refractivity contribution in [2.24, 2.45) is 5.92 Å². The Hall–Kier alpha value is -1.55. The van der Waals surface area contributed by atoms with Crippen LogP contribution in [-0.4, -0.2) is 23.6 Å². The van der Waals surface area contributed by atoms with E-state index in [2.05, 4.69) is 35.8 Å². The molecule has 2 N–H and O–H groups in total. The minimum atomic E-state index is -0.249. The van der Waals surface area contributed by atoms with Crippen LogP contribution in [0, 0.1) is 12.8 Å². The number of aryl methyl sites for hydroxylation is 1. The Kier molecular flexibility index (Phi) is 5.38. The summed E-state index contributed by atoms with van der Waals surface area (Å²) in [6.45, 7) is 8.72. The minimum absolute atomic E-state index is 0.161. The van der Waals surface area contributed by atoms with Gasteiger partial charge in [0, 0.05) is 30.6 Å². The fourth-order valence-corrected chi connectivity index (χ4v) is 4.10. The van der Waals surface area contributed by atoms with Gasteiger partial charge in [0.05, 0.1) is 0 Å². The van der Waals surface area contributed by atoms with Crippen LogP contribution in [-0.2, 0) is 11.3 Å². The Morgan fingerprint density at radius 2 is 1.92 bits per heavy atom. The summed E-state index contributed by atoms with van der Waals surface area (Å²) in [7, 11) is 0. The summed E-state index contributed by atoms with van der Waals surface area (Å²) < 4.78 is 6.07. The van der Waals surface area contributed by atoms with Crippen LogP contribution in [0.4, 0.5) is 0 Å². The van der Waals surface area contributed by atoms with E-state index in [4.69, 9.17) is 4.74 Å². The summed E-state index contributed by atoms with van der Waals surface area (Å²) in [6, 6.07) is 7.46. The zero-order chi connectivity index (χ0) is 18.0. The lowest BCUT2D eigenvalue weighted by atomic mass is 9.89.